The quantitative estimate of drug-likeness (QED) is 0.765. The van der Waals surface area contributed by atoms with Crippen LogP contribution in [-0.4, -0.2) is 7.05 Å². The summed E-state index contributed by atoms with van der Waals surface area (Å²) in [6, 6.07) is 4.37. The van der Waals surface area contributed by atoms with E-state index in [0.29, 0.717) is 0 Å². The second-order valence-electron chi connectivity index (χ2n) is 3.60. The number of nitrogens with one attached hydrogen (secondary N) is 1. The Morgan fingerprint density at radius 2 is 2.23 bits per heavy atom. The highest BCUT2D eigenvalue weighted by atomic mass is 35.5. The van der Waals surface area contributed by atoms with E-state index in [1.54, 1.807) is 0 Å². The minimum atomic E-state index is 0.910. The monoisotopic (exact) mass is 195 g/mol. The van der Waals surface area contributed by atoms with Gasteiger partial charge in [-0.15, -0.1) is 0 Å². The number of hydrogen-bond donors (Lipinski definition) is 1. The van der Waals surface area contributed by atoms with Crippen molar-refractivity contribution in [3.8, 4) is 0 Å². The molecule has 70 valence electrons. The number of aryl methyl sites for hydroxylation is 1. The second kappa shape index (κ2) is 3.69. The van der Waals surface area contributed by atoms with Crippen molar-refractivity contribution in [1.82, 2.24) is 5.32 Å². The Bertz CT molecular complexity index is 320. The van der Waals surface area contributed by atoms with Gasteiger partial charge in [-0.3, -0.25) is 0 Å². The van der Waals surface area contributed by atoms with Crippen molar-refractivity contribution >= 4 is 11.6 Å². The summed E-state index contributed by atoms with van der Waals surface area (Å²) >= 11 is 6.18. The molecular formula is C11H14ClN. The summed E-state index contributed by atoms with van der Waals surface area (Å²) in [6.07, 6.45) is 3.62. The highest BCUT2D eigenvalue weighted by Gasteiger charge is 2.14. The zero-order chi connectivity index (χ0) is 9.26. The number of hydrogen-bond acceptors (Lipinski definition) is 1. The fourth-order valence-electron chi connectivity index (χ4n) is 2.02. The van der Waals surface area contributed by atoms with Gasteiger partial charge in [0.15, 0.2) is 0 Å². The van der Waals surface area contributed by atoms with Crippen LogP contribution in [0.1, 0.15) is 23.1 Å². The Morgan fingerprint density at radius 1 is 1.38 bits per heavy atom. The molecule has 0 fully saturated rings. The first-order valence-electron chi connectivity index (χ1n) is 4.76. The topological polar surface area (TPSA) is 12.0 Å². The molecule has 0 bridgehead atoms. The molecule has 1 N–H and O–H groups in total. The van der Waals surface area contributed by atoms with E-state index in [1.165, 1.54) is 29.5 Å². The Hall–Kier alpha value is -0.530. The van der Waals surface area contributed by atoms with Gasteiger partial charge < -0.3 is 5.32 Å². The van der Waals surface area contributed by atoms with Gasteiger partial charge in [0.1, 0.15) is 0 Å². The third-order valence-electron chi connectivity index (χ3n) is 2.60. The minimum Gasteiger partial charge on any atom is -0.316 e. The third kappa shape index (κ3) is 1.72. The molecule has 0 amide bonds. The zero-order valence-electron chi connectivity index (χ0n) is 7.86. The molecule has 0 heterocycles. The SMILES string of the molecule is CNCc1cc(Cl)c2c(c1)CCC2. The van der Waals surface area contributed by atoms with Crippen LogP contribution in [0.3, 0.4) is 0 Å². The average Bonchev–Trinajstić information content (AvgIpc) is 2.53. The average molecular weight is 196 g/mol. The van der Waals surface area contributed by atoms with Crippen LogP contribution in [0, 0.1) is 0 Å². The molecule has 1 aliphatic rings. The molecule has 2 heteroatoms. The van der Waals surface area contributed by atoms with Crippen LogP contribution in [-0.2, 0) is 19.4 Å². The largest absolute Gasteiger partial charge is 0.316 e. The molecule has 0 radical (unpaired) electrons. The number of rotatable bonds is 2. The molecule has 1 aromatic rings. The molecule has 0 spiro atoms. The Balaban J connectivity index is 2.37. The van der Waals surface area contributed by atoms with E-state index in [2.05, 4.69) is 17.4 Å². The predicted molar refractivity (Wildman–Crippen MR) is 56.2 cm³/mol. The first kappa shape index (κ1) is 9.04. The minimum absolute atomic E-state index is 0.910. The van der Waals surface area contributed by atoms with Crippen molar-refractivity contribution in [2.45, 2.75) is 25.8 Å². The van der Waals surface area contributed by atoms with E-state index in [9.17, 15) is 0 Å². The summed E-state index contributed by atoms with van der Waals surface area (Å²) in [4.78, 5) is 0. The molecule has 0 atom stereocenters. The summed E-state index contributed by atoms with van der Waals surface area (Å²) in [5.41, 5.74) is 4.13. The molecule has 13 heavy (non-hydrogen) atoms. The molecule has 0 aliphatic heterocycles. The van der Waals surface area contributed by atoms with E-state index in [0.717, 1.165) is 18.0 Å². The number of benzene rings is 1. The molecular weight excluding hydrogens is 182 g/mol. The van der Waals surface area contributed by atoms with Crippen molar-refractivity contribution in [1.29, 1.82) is 0 Å². The third-order valence-corrected chi connectivity index (χ3v) is 2.94. The van der Waals surface area contributed by atoms with Crippen LogP contribution in [0.4, 0.5) is 0 Å². The fourth-order valence-corrected chi connectivity index (χ4v) is 2.38. The van der Waals surface area contributed by atoms with Gasteiger partial charge in [0.25, 0.3) is 0 Å². The molecule has 2 rings (SSSR count). The first-order chi connectivity index (χ1) is 6.31. The van der Waals surface area contributed by atoms with Crippen molar-refractivity contribution in [2.75, 3.05) is 7.05 Å². The lowest BCUT2D eigenvalue weighted by atomic mass is 10.1. The van der Waals surface area contributed by atoms with Crippen LogP contribution in [0.2, 0.25) is 5.02 Å². The van der Waals surface area contributed by atoms with Crippen molar-refractivity contribution in [2.24, 2.45) is 0 Å². The number of fused-ring (bicyclic) bond motifs is 1. The Morgan fingerprint density at radius 3 is 3.00 bits per heavy atom. The normalized spacial score (nSPS) is 14.6. The first-order valence-corrected chi connectivity index (χ1v) is 5.14. The predicted octanol–water partition coefficient (Wildman–Crippen LogP) is 2.55. The van der Waals surface area contributed by atoms with Gasteiger partial charge in [-0.1, -0.05) is 17.7 Å². The van der Waals surface area contributed by atoms with Gasteiger partial charge in [0, 0.05) is 11.6 Å². The van der Waals surface area contributed by atoms with E-state index in [4.69, 9.17) is 11.6 Å². The molecule has 0 saturated carbocycles. The van der Waals surface area contributed by atoms with Crippen LogP contribution in [0.5, 0.6) is 0 Å². The van der Waals surface area contributed by atoms with Crippen LogP contribution in [0.25, 0.3) is 0 Å². The summed E-state index contributed by atoms with van der Waals surface area (Å²) < 4.78 is 0. The second-order valence-corrected chi connectivity index (χ2v) is 4.01. The maximum absolute atomic E-state index is 6.18. The Kier molecular flexibility index (Phi) is 2.56. The van der Waals surface area contributed by atoms with Gasteiger partial charge in [0.2, 0.25) is 0 Å². The van der Waals surface area contributed by atoms with E-state index < -0.39 is 0 Å². The standard InChI is InChI=1S/C11H14ClN/c1-13-7-8-5-9-3-2-4-10(9)11(12)6-8/h5-6,13H,2-4,7H2,1H3. The van der Waals surface area contributed by atoms with Gasteiger partial charge >= 0.3 is 0 Å². The maximum Gasteiger partial charge on any atom is 0.0443 e. The van der Waals surface area contributed by atoms with Crippen molar-refractivity contribution < 1.29 is 0 Å². The van der Waals surface area contributed by atoms with Crippen molar-refractivity contribution in [3.63, 3.8) is 0 Å². The van der Waals surface area contributed by atoms with Crippen LogP contribution in [0.15, 0.2) is 12.1 Å². The van der Waals surface area contributed by atoms with Crippen LogP contribution < -0.4 is 5.32 Å². The van der Waals surface area contributed by atoms with Gasteiger partial charge in [0.05, 0.1) is 0 Å². The lowest BCUT2D eigenvalue weighted by Gasteiger charge is -2.06. The fraction of sp³-hybridized carbons (Fsp3) is 0.455. The van der Waals surface area contributed by atoms with Crippen molar-refractivity contribution in [3.05, 3.63) is 33.8 Å². The lowest BCUT2D eigenvalue weighted by molar-refractivity contribution is 0.816. The molecule has 1 aliphatic carbocycles. The van der Waals surface area contributed by atoms with Gasteiger partial charge in [-0.05, 0) is 49.1 Å². The molecule has 0 aromatic heterocycles. The smallest absolute Gasteiger partial charge is 0.0443 e. The van der Waals surface area contributed by atoms with E-state index in [1.807, 2.05) is 7.05 Å². The molecule has 0 saturated heterocycles. The van der Waals surface area contributed by atoms with E-state index >= 15 is 0 Å². The molecule has 1 aromatic carbocycles. The maximum atomic E-state index is 6.18. The van der Waals surface area contributed by atoms with Gasteiger partial charge in [-0.2, -0.15) is 0 Å². The summed E-state index contributed by atoms with van der Waals surface area (Å²) in [6.45, 7) is 0.910. The number of halogens is 1. The van der Waals surface area contributed by atoms with Gasteiger partial charge in [-0.25, -0.2) is 0 Å². The summed E-state index contributed by atoms with van der Waals surface area (Å²) in [5.74, 6) is 0. The zero-order valence-corrected chi connectivity index (χ0v) is 8.62. The Labute approximate surface area is 84.1 Å². The molecule has 0 unspecified atom stereocenters. The lowest BCUT2D eigenvalue weighted by Crippen LogP contribution is -2.05. The van der Waals surface area contributed by atoms with E-state index in [-0.39, 0.29) is 0 Å². The summed E-state index contributed by atoms with van der Waals surface area (Å²) in [5, 5.41) is 4.10. The molecule has 1 nitrogen and oxygen atoms in total. The van der Waals surface area contributed by atoms with Crippen LogP contribution >= 0.6 is 11.6 Å². The highest BCUT2D eigenvalue weighted by molar-refractivity contribution is 6.31. The highest BCUT2D eigenvalue weighted by Crippen LogP contribution is 2.30. The summed E-state index contributed by atoms with van der Waals surface area (Å²) in [7, 11) is 1.96.